The average molecular weight is 323 g/mol. The Morgan fingerprint density at radius 2 is 2.00 bits per heavy atom. The summed E-state index contributed by atoms with van der Waals surface area (Å²) in [5.74, 6) is -0.118. The summed E-state index contributed by atoms with van der Waals surface area (Å²) in [5.41, 5.74) is -0.303. The maximum absolute atomic E-state index is 12.6. The maximum Gasteiger partial charge on any atom is 0.416 e. The molecule has 0 saturated carbocycles. The molecule has 0 atom stereocenters. The summed E-state index contributed by atoms with van der Waals surface area (Å²) >= 11 is 0. The third-order valence-electron chi connectivity index (χ3n) is 3.30. The summed E-state index contributed by atoms with van der Waals surface area (Å²) < 4.78 is 37.8. The number of rotatable bonds is 2. The lowest BCUT2D eigenvalue weighted by molar-refractivity contribution is -0.138. The van der Waals surface area contributed by atoms with Gasteiger partial charge in [0, 0.05) is 19.6 Å². The van der Waals surface area contributed by atoms with Crippen LogP contribution in [0.4, 0.5) is 13.2 Å². The molecule has 1 amide bonds. The van der Waals surface area contributed by atoms with Crippen LogP contribution < -0.4 is 5.32 Å². The molecule has 118 valence electrons. The molecule has 1 N–H and O–H groups in total. The normalized spacial score (nSPS) is 16.0. The fourth-order valence-electron chi connectivity index (χ4n) is 2.24. The highest BCUT2D eigenvalue weighted by Crippen LogP contribution is 2.29. The lowest BCUT2D eigenvalue weighted by Gasteiger charge is -2.20. The largest absolute Gasteiger partial charge is 0.416 e. The van der Waals surface area contributed by atoms with Gasteiger partial charge in [-0.3, -0.25) is 4.79 Å². The molecule has 21 heavy (non-hydrogen) atoms. The number of nitrogens with one attached hydrogen (secondary N) is 1. The van der Waals surface area contributed by atoms with E-state index in [4.69, 9.17) is 0 Å². The molecule has 1 aliphatic heterocycles. The van der Waals surface area contributed by atoms with Crippen molar-refractivity contribution in [1.82, 2.24) is 10.2 Å². The van der Waals surface area contributed by atoms with Gasteiger partial charge < -0.3 is 10.2 Å². The second kappa shape index (κ2) is 7.66. The summed E-state index contributed by atoms with van der Waals surface area (Å²) in [7, 11) is 0. The van der Waals surface area contributed by atoms with Crippen molar-refractivity contribution in [2.45, 2.75) is 19.0 Å². The molecule has 1 aromatic rings. The quantitative estimate of drug-likeness (QED) is 0.907. The van der Waals surface area contributed by atoms with E-state index in [1.54, 1.807) is 11.0 Å². The molecule has 2 rings (SSSR count). The second-order valence-electron chi connectivity index (χ2n) is 4.86. The minimum absolute atomic E-state index is 0. The molecule has 3 nitrogen and oxygen atoms in total. The van der Waals surface area contributed by atoms with Crippen LogP contribution in [0.25, 0.3) is 0 Å². The molecule has 1 aliphatic rings. The van der Waals surface area contributed by atoms with Crippen LogP contribution in [0.15, 0.2) is 24.3 Å². The van der Waals surface area contributed by atoms with E-state index in [1.807, 2.05) is 0 Å². The molecule has 1 aromatic carbocycles. The average Bonchev–Trinajstić information content (AvgIpc) is 2.67. The molecule has 1 saturated heterocycles. The number of benzene rings is 1. The Hall–Kier alpha value is -1.27. The molecule has 0 aromatic heterocycles. The number of halogens is 4. The Balaban J connectivity index is 0.00000220. The summed E-state index contributed by atoms with van der Waals surface area (Å²) in [6, 6.07) is 4.97. The van der Waals surface area contributed by atoms with Crippen molar-refractivity contribution in [3.05, 3.63) is 35.4 Å². The monoisotopic (exact) mass is 322 g/mol. The number of amides is 1. The van der Waals surface area contributed by atoms with Crippen molar-refractivity contribution in [1.29, 1.82) is 0 Å². The Morgan fingerprint density at radius 3 is 2.71 bits per heavy atom. The number of nitrogens with zero attached hydrogens (tertiary/aromatic N) is 1. The first kappa shape index (κ1) is 17.8. The van der Waals surface area contributed by atoms with E-state index < -0.39 is 11.7 Å². The van der Waals surface area contributed by atoms with Gasteiger partial charge in [0.05, 0.1) is 12.0 Å². The van der Waals surface area contributed by atoms with Gasteiger partial charge in [0.25, 0.3) is 0 Å². The SMILES string of the molecule is Cl.O=C(Cc1cccc(C(F)(F)F)c1)N1CCCNCC1. The molecule has 0 radical (unpaired) electrons. The lowest BCUT2D eigenvalue weighted by atomic mass is 10.1. The van der Waals surface area contributed by atoms with Gasteiger partial charge in [-0.2, -0.15) is 13.2 Å². The van der Waals surface area contributed by atoms with Crippen molar-refractivity contribution >= 4 is 18.3 Å². The van der Waals surface area contributed by atoms with E-state index in [2.05, 4.69) is 5.32 Å². The number of carbonyl (C=O) groups excluding carboxylic acids is 1. The van der Waals surface area contributed by atoms with E-state index in [-0.39, 0.29) is 24.7 Å². The van der Waals surface area contributed by atoms with Gasteiger partial charge >= 0.3 is 6.18 Å². The first-order chi connectivity index (χ1) is 9.47. The summed E-state index contributed by atoms with van der Waals surface area (Å²) in [6.45, 7) is 2.87. The molecule has 0 spiro atoms. The first-order valence-electron chi connectivity index (χ1n) is 6.61. The Labute approximate surface area is 127 Å². The second-order valence-corrected chi connectivity index (χ2v) is 4.86. The summed E-state index contributed by atoms with van der Waals surface area (Å²) in [4.78, 5) is 13.8. The Bertz CT molecular complexity index is 472. The van der Waals surface area contributed by atoms with E-state index >= 15 is 0 Å². The Morgan fingerprint density at radius 1 is 1.24 bits per heavy atom. The highest BCUT2D eigenvalue weighted by molar-refractivity contribution is 5.85. The molecular weight excluding hydrogens is 305 g/mol. The number of hydrogen-bond donors (Lipinski definition) is 1. The van der Waals surface area contributed by atoms with Gasteiger partial charge in [-0.15, -0.1) is 12.4 Å². The van der Waals surface area contributed by atoms with E-state index in [1.165, 1.54) is 6.07 Å². The van der Waals surface area contributed by atoms with Crippen molar-refractivity contribution in [3.8, 4) is 0 Å². The van der Waals surface area contributed by atoms with Gasteiger partial charge in [0.2, 0.25) is 5.91 Å². The third kappa shape index (κ3) is 5.21. The molecule has 0 aliphatic carbocycles. The van der Waals surface area contributed by atoms with Crippen molar-refractivity contribution in [3.63, 3.8) is 0 Å². The van der Waals surface area contributed by atoms with E-state index in [0.29, 0.717) is 18.7 Å². The zero-order valence-corrected chi connectivity index (χ0v) is 12.3. The van der Waals surface area contributed by atoms with Gasteiger partial charge in [-0.05, 0) is 24.6 Å². The van der Waals surface area contributed by atoms with Crippen LogP contribution in [0, 0.1) is 0 Å². The van der Waals surface area contributed by atoms with Crippen LogP contribution in [0.1, 0.15) is 17.5 Å². The highest BCUT2D eigenvalue weighted by atomic mass is 35.5. The van der Waals surface area contributed by atoms with Crippen LogP contribution >= 0.6 is 12.4 Å². The van der Waals surface area contributed by atoms with Crippen molar-refractivity contribution in [2.24, 2.45) is 0 Å². The van der Waals surface area contributed by atoms with Crippen LogP contribution in [0.3, 0.4) is 0 Å². The molecule has 0 unspecified atom stereocenters. The molecule has 1 heterocycles. The molecular formula is C14H18ClF3N2O. The maximum atomic E-state index is 12.6. The number of carbonyl (C=O) groups is 1. The smallest absolute Gasteiger partial charge is 0.341 e. The predicted molar refractivity (Wildman–Crippen MR) is 76.5 cm³/mol. The van der Waals surface area contributed by atoms with Crippen LogP contribution in [0.5, 0.6) is 0 Å². The van der Waals surface area contributed by atoms with E-state index in [0.717, 1.165) is 31.6 Å². The molecule has 0 bridgehead atoms. The van der Waals surface area contributed by atoms with Gasteiger partial charge in [-0.25, -0.2) is 0 Å². The molecule has 7 heteroatoms. The van der Waals surface area contributed by atoms with Gasteiger partial charge in [-0.1, -0.05) is 18.2 Å². The first-order valence-corrected chi connectivity index (χ1v) is 6.61. The van der Waals surface area contributed by atoms with Crippen LogP contribution in [-0.4, -0.2) is 37.0 Å². The minimum atomic E-state index is -4.37. The van der Waals surface area contributed by atoms with Crippen molar-refractivity contribution in [2.75, 3.05) is 26.2 Å². The Kier molecular flexibility index (Phi) is 6.48. The third-order valence-corrected chi connectivity index (χ3v) is 3.30. The topological polar surface area (TPSA) is 32.3 Å². The van der Waals surface area contributed by atoms with Crippen LogP contribution in [-0.2, 0) is 17.4 Å². The van der Waals surface area contributed by atoms with Crippen LogP contribution in [0.2, 0.25) is 0 Å². The predicted octanol–water partition coefficient (Wildman–Crippen LogP) is 2.49. The summed E-state index contributed by atoms with van der Waals surface area (Å²) in [6.07, 6.45) is -3.48. The van der Waals surface area contributed by atoms with Gasteiger partial charge in [0.1, 0.15) is 0 Å². The number of alkyl halides is 3. The van der Waals surface area contributed by atoms with E-state index in [9.17, 15) is 18.0 Å². The zero-order chi connectivity index (χ0) is 14.6. The number of hydrogen-bond acceptors (Lipinski definition) is 2. The zero-order valence-electron chi connectivity index (χ0n) is 11.4. The molecule has 1 fully saturated rings. The fourth-order valence-corrected chi connectivity index (χ4v) is 2.24. The minimum Gasteiger partial charge on any atom is -0.341 e. The standard InChI is InChI=1S/C14H17F3N2O.ClH/c15-14(16,17)12-4-1-3-11(9-12)10-13(20)19-7-2-5-18-6-8-19;/h1,3-4,9,18H,2,5-8,10H2;1H. The highest BCUT2D eigenvalue weighted by Gasteiger charge is 2.30. The summed E-state index contributed by atoms with van der Waals surface area (Å²) in [5, 5.41) is 3.18. The van der Waals surface area contributed by atoms with Gasteiger partial charge in [0.15, 0.2) is 0 Å². The fraction of sp³-hybridized carbons (Fsp3) is 0.500. The lowest BCUT2D eigenvalue weighted by Crippen LogP contribution is -2.35. The van der Waals surface area contributed by atoms with Crippen molar-refractivity contribution < 1.29 is 18.0 Å².